The van der Waals surface area contributed by atoms with Crippen LogP contribution in [-0.2, 0) is 18.7 Å². The lowest BCUT2D eigenvalue weighted by atomic mass is 9.85. The van der Waals surface area contributed by atoms with E-state index < -0.39 is 0 Å². The molecular weight excluding hydrogens is 186 g/mol. The Morgan fingerprint density at radius 3 is 3.15 bits per heavy atom. The van der Waals surface area contributed by atoms with Gasteiger partial charge in [0.1, 0.15) is 11.5 Å². The Bertz CT molecular complexity index is 282. The van der Waals surface area contributed by atoms with Gasteiger partial charge in [-0.3, -0.25) is 0 Å². The Morgan fingerprint density at radius 1 is 1.62 bits per heavy atom. The number of alkyl halides is 1. The summed E-state index contributed by atoms with van der Waals surface area (Å²) in [6.07, 6.45) is 4.63. The lowest BCUT2D eigenvalue weighted by Gasteiger charge is -2.19. The Balaban J connectivity index is 2.25. The van der Waals surface area contributed by atoms with E-state index in [0.29, 0.717) is 5.88 Å². The van der Waals surface area contributed by atoms with Crippen LogP contribution in [0.5, 0.6) is 0 Å². The number of hydrogen-bond acceptors (Lipinski definition) is 2. The van der Waals surface area contributed by atoms with Crippen molar-refractivity contribution in [2.24, 2.45) is 5.92 Å². The van der Waals surface area contributed by atoms with Gasteiger partial charge in [0.25, 0.3) is 0 Å². The topological polar surface area (TPSA) is 26.0 Å². The predicted molar refractivity (Wildman–Crippen MR) is 51.9 cm³/mol. The van der Waals surface area contributed by atoms with Crippen molar-refractivity contribution < 1.29 is 4.52 Å². The largest absolute Gasteiger partial charge is 0.361 e. The van der Waals surface area contributed by atoms with Gasteiger partial charge in [-0.05, 0) is 18.8 Å². The zero-order valence-corrected chi connectivity index (χ0v) is 8.60. The molecule has 0 fully saturated rings. The lowest BCUT2D eigenvalue weighted by molar-refractivity contribution is 0.344. The summed E-state index contributed by atoms with van der Waals surface area (Å²) in [4.78, 5) is 0. The minimum absolute atomic E-state index is 0.481. The highest BCUT2D eigenvalue weighted by atomic mass is 35.5. The second-order valence-electron chi connectivity index (χ2n) is 3.68. The zero-order valence-electron chi connectivity index (χ0n) is 7.85. The molecule has 2 nitrogen and oxygen atoms in total. The second kappa shape index (κ2) is 3.70. The molecular formula is C10H14ClNO. The molecule has 0 N–H and O–H groups in total. The number of aryl methyl sites for hydroxylation is 1. The quantitative estimate of drug-likeness (QED) is 0.685. The fourth-order valence-corrected chi connectivity index (χ4v) is 2.20. The standard InChI is InChI=1S/C10H14ClNO/c1-2-7-3-4-10-8(5-7)9(6-11)12-13-10/h7H,2-6H2,1H3. The molecule has 1 atom stereocenters. The normalized spacial score (nSPS) is 21.5. The molecule has 0 bridgehead atoms. The highest BCUT2D eigenvalue weighted by Crippen LogP contribution is 2.30. The molecule has 1 aromatic rings. The number of nitrogens with zero attached hydrogens (tertiary/aromatic N) is 1. The molecule has 1 aliphatic rings. The van der Waals surface area contributed by atoms with Crippen molar-refractivity contribution in [3.05, 3.63) is 17.0 Å². The second-order valence-corrected chi connectivity index (χ2v) is 3.95. The first-order valence-electron chi connectivity index (χ1n) is 4.87. The van der Waals surface area contributed by atoms with Gasteiger partial charge < -0.3 is 4.52 Å². The first-order chi connectivity index (χ1) is 6.35. The van der Waals surface area contributed by atoms with Gasteiger partial charge in [0, 0.05) is 12.0 Å². The molecule has 1 aliphatic carbocycles. The third kappa shape index (κ3) is 1.60. The van der Waals surface area contributed by atoms with E-state index in [4.69, 9.17) is 16.1 Å². The van der Waals surface area contributed by atoms with E-state index in [-0.39, 0.29) is 0 Å². The Morgan fingerprint density at radius 2 is 2.46 bits per heavy atom. The Hall–Kier alpha value is -0.500. The summed E-state index contributed by atoms with van der Waals surface area (Å²) in [6.45, 7) is 2.24. The van der Waals surface area contributed by atoms with Gasteiger partial charge in [0.05, 0.1) is 5.88 Å². The van der Waals surface area contributed by atoms with Crippen molar-refractivity contribution >= 4 is 11.6 Å². The van der Waals surface area contributed by atoms with E-state index in [0.717, 1.165) is 30.2 Å². The highest BCUT2D eigenvalue weighted by molar-refractivity contribution is 6.17. The van der Waals surface area contributed by atoms with Crippen LogP contribution in [0.1, 0.15) is 36.8 Å². The lowest BCUT2D eigenvalue weighted by Crippen LogP contribution is -2.12. The van der Waals surface area contributed by atoms with E-state index in [2.05, 4.69) is 12.1 Å². The van der Waals surface area contributed by atoms with Crippen LogP contribution in [0, 0.1) is 5.92 Å². The maximum atomic E-state index is 5.77. The molecule has 0 radical (unpaired) electrons. The zero-order chi connectivity index (χ0) is 9.26. The van der Waals surface area contributed by atoms with Gasteiger partial charge >= 0.3 is 0 Å². The molecule has 0 aromatic carbocycles. The van der Waals surface area contributed by atoms with Crippen LogP contribution in [0.2, 0.25) is 0 Å². The molecule has 0 amide bonds. The smallest absolute Gasteiger partial charge is 0.140 e. The maximum Gasteiger partial charge on any atom is 0.140 e. The number of halogens is 1. The fraction of sp³-hybridized carbons (Fsp3) is 0.700. The molecule has 1 aromatic heterocycles. The Kier molecular flexibility index (Phi) is 2.58. The number of aromatic nitrogens is 1. The number of rotatable bonds is 2. The van der Waals surface area contributed by atoms with Gasteiger partial charge in [-0.2, -0.15) is 0 Å². The van der Waals surface area contributed by atoms with Crippen LogP contribution >= 0.6 is 11.6 Å². The van der Waals surface area contributed by atoms with Gasteiger partial charge in [0.15, 0.2) is 0 Å². The minimum atomic E-state index is 0.481. The van der Waals surface area contributed by atoms with Crippen LogP contribution in [0.4, 0.5) is 0 Å². The van der Waals surface area contributed by atoms with Crippen molar-refractivity contribution in [3.8, 4) is 0 Å². The average molecular weight is 200 g/mol. The highest BCUT2D eigenvalue weighted by Gasteiger charge is 2.23. The van der Waals surface area contributed by atoms with Gasteiger partial charge in [-0.15, -0.1) is 11.6 Å². The van der Waals surface area contributed by atoms with Gasteiger partial charge in [0.2, 0.25) is 0 Å². The third-order valence-electron chi connectivity index (χ3n) is 2.93. The summed E-state index contributed by atoms with van der Waals surface area (Å²) in [5.41, 5.74) is 2.24. The average Bonchev–Trinajstić information content (AvgIpc) is 2.59. The monoisotopic (exact) mass is 199 g/mol. The van der Waals surface area contributed by atoms with Crippen molar-refractivity contribution in [2.45, 2.75) is 38.5 Å². The minimum Gasteiger partial charge on any atom is -0.361 e. The summed E-state index contributed by atoms with van der Waals surface area (Å²) in [5.74, 6) is 2.35. The first-order valence-corrected chi connectivity index (χ1v) is 5.40. The van der Waals surface area contributed by atoms with E-state index in [1.165, 1.54) is 18.4 Å². The summed E-state index contributed by atoms with van der Waals surface area (Å²) in [6, 6.07) is 0. The van der Waals surface area contributed by atoms with Crippen LogP contribution in [0.3, 0.4) is 0 Å². The third-order valence-corrected chi connectivity index (χ3v) is 3.18. The van der Waals surface area contributed by atoms with Crippen molar-refractivity contribution in [2.75, 3.05) is 0 Å². The van der Waals surface area contributed by atoms with E-state index >= 15 is 0 Å². The molecule has 1 unspecified atom stereocenters. The Labute approximate surface area is 83.2 Å². The molecule has 1 heterocycles. The molecule has 0 saturated carbocycles. The van der Waals surface area contributed by atoms with Crippen LogP contribution < -0.4 is 0 Å². The van der Waals surface area contributed by atoms with Crippen molar-refractivity contribution in [1.29, 1.82) is 0 Å². The molecule has 0 spiro atoms. The number of fused-ring (bicyclic) bond motifs is 1. The fourth-order valence-electron chi connectivity index (χ4n) is 1.99. The van der Waals surface area contributed by atoms with E-state index in [1.807, 2.05) is 0 Å². The van der Waals surface area contributed by atoms with Crippen molar-refractivity contribution in [1.82, 2.24) is 5.16 Å². The summed E-state index contributed by atoms with van der Waals surface area (Å²) in [7, 11) is 0. The van der Waals surface area contributed by atoms with Crippen LogP contribution in [0.15, 0.2) is 4.52 Å². The van der Waals surface area contributed by atoms with E-state index in [1.54, 1.807) is 0 Å². The van der Waals surface area contributed by atoms with Gasteiger partial charge in [-0.1, -0.05) is 18.5 Å². The van der Waals surface area contributed by atoms with Crippen LogP contribution in [0.25, 0.3) is 0 Å². The first kappa shape index (κ1) is 9.07. The molecule has 72 valence electrons. The van der Waals surface area contributed by atoms with Crippen molar-refractivity contribution in [3.63, 3.8) is 0 Å². The van der Waals surface area contributed by atoms with Gasteiger partial charge in [-0.25, -0.2) is 0 Å². The molecule has 13 heavy (non-hydrogen) atoms. The predicted octanol–water partition coefficient (Wildman–Crippen LogP) is 2.93. The summed E-state index contributed by atoms with van der Waals surface area (Å²) in [5, 5.41) is 3.98. The summed E-state index contributed by atoms with van der Waals surface area (Å²) >= 11 is 5.77. The SMILES string of the molecule is CCC1CCc2onc(CCl)c2C1. The maximum absolute atomic E-state index is 5.77. The molecule has 0 saturated heterocycles. The number of hydrogen-bond donors (Lipinski definition) is 0. The molecule has 2 rings (SSSR count). The summed E-state index contributed by atoms with van der Waals surface area (Å²) < 4.78 is 5.24. The molecule has 3 heteroatoms. The van der Waals surface area contributed by atoms with Crippen LogP contribution in [-0.4, -0.2) is 5.16 Å². The molecule has 0 aliphatic heterocycles. The van der Waals surface area contributed by atoms with E-state index in [9.17, 15) is 0 Å².